The van der Waals surface area contributed by atoms with Crippen LogP contribution in [0.15, 0.2) is 36.4 Å². The van der Waals surface area contributed by atoms with Crippen molar-refractivity contribution < 1.29 is 33.6 Å². The van der Waals surface area contributed by atoms with Gasteiger partial charge >= 0.3 is 11.8 Å². The Hall–Kier alpha value is -3.46. The predicted octanol–water partition coefficient (Wildman–Crippen LogP) is 1.32. The summed E-state index contributed by atoms with van der Waals surface area (Å²) in [5.41, 5.74) is 1.06. The molecular formula is C19H18N2O7. The average Bonchev–Trinajstić information content (AvgIpc) is 3.35. The first-order valence-corrected chi connectivity index (χ1v) is 8.66. The van der Waals surface area contributed by atoms with Crippen molar-refractivity contribution in [3.05, 3.63) is 42.0 Å². The number of aliphatic hydroxyl groups excluding tert-OH is 1. The van der Waals surface area contributed by atoms with Crippen molar-refractivity contribution in [1.82, 2.24) is 5.32 Å². The fraction of sp³-hybridized carbons (Fsp3) is 0.263. The topological polar surface area (TPSA) is 115 Å². The second-order valence-electron chi connectivity index (χ2n) is 6.20. The van der Waals surface area contributed by atoms with Crippen molar-refractivity contribution in [1.29, 1.82) is 0 Å². The van der Waals surface area contributed by atoms with Gasteiger partial charge in [-0.3, -0.25) is 9.59 Å². The molecule has 9 nitrogen and oxygen atoms in total. The maximum Gasteiger partial charge on any atom is 0.313 e. The maximum atomic E-state index is 12.0. The van der Waals surface area contributed by atoms with Gasteiger partial charge in [-0.25, -0.2) is 0 Å². The van der Waals surface area contributed by atoms with E-state index in [1.165, 1.54) is 0 Å². The summed E-state index contributed by atoms with van der Waals surface area (Å²) >= 11 is 0. The minimum Gasteiger partial charge on any atom is -0.454 e. The molecule has 146 valence electrons. The lowest BCUT2D eigenvalue weighted by atomic mass is 10.1. The largest absolute Gasteiger partial charge is 0.454 e. The van der Waals surface area contributed by atoms with Crippen molar-refractivity contribution in [3.63, 3.8) is 0 Å². The molecular weight excluding hydrogens is 368 g/mol. The zero-order chi connectivity index (χ0) is 19.5. The Labute approximate surface area is 160 Å². The summed E-state index contributed by atoms with van der Waals surface area (Å²) in [6.07, 6.45) is -0.574. The number of aliphatic hydroxyl groups is 1. The van der Waals surface area contributed by atoms with Crippen molar-refractivity contribution >= 4 is 17.5 Å². The van der Waals surface area contributed by atoms with Gasteiger partial charge in [0, 0.05) is 18.3 Å². The average molecular weight is 386 g/mol. The molecule has 2 aromatic carbocycles. The summed E-state index contributed by atoms with van der Waals surface area (Å²) in [7, 11) is 0. The van der Waals surface area contributed by atoms with Crippen LogP contribution in [0.25, 0.3) is 0 Å². The van der Waals surface area contributed by atoms with E-state index in [2.05, 4.69) is 10.6 Å². The lowest BCUT2D eigenvalue weighted by Crippen LogP contribution is -2.36. The third-order valence-electron chi connectivity index (χ3n) is 4.32. The van der Waals surface area contributed by atoms with Crippen LogP contribution < -0.4 is 29.6 Å². The number of ether oxygens (including phenoxy) is 4. The van der Waals surface area contributed by atoms with Crippen molar-refractivity contribution in [2.45, 2.75) is 12.5 Å². The van der Waals surface area contributed by atoms with E-state index in [1.807, 2.05) is 0 Å². The summed E-state index contributed by atoms with van der Waals surface area (Å²) < 4.78 is 20.9. The Morgan fingerprint density at radius 2 is 1.54 bits per heavy atom. The van der Waals surface area contributed by atoms with E-state index in [-0.39, 0.29) is 26.6 Å². The number of carbonyl (C=O) groups is 2. The second-order valence-corrected chi connectivity index (χ2v) is 6.20. The van der Waals surface area contributed by atoms with E-state index in [1.54, 1.807) is 36.4 Å². The van der Waals surface area contributed by atoms with Gasteiger partial charge in [0.15, 0.2) is 23.0 Å². The third-order valence-corrected chi connectivity index (χ3v) is 4.32. The standard InChI is InChI=1S/C19H18N2O7/c22-13(11-1-3-14-16(7-11)27-9-25-14)5-6-20-18(23)19(24)21-12-2-4-15-17(8-12)28-10-26-15/h1-4,7-8,13,22H,5-6,9-10H2,(H,20,23)(H,21,24). The van der Waals surface area contributed by atoms with Gasteiger partial charge in [-0.15, -0.1) is 0 Å². The molecule has 2 aromatic rings. The zero-order valence-electron chi connectivity index (χ0n) is 14.8. The van der Waals surface area contributed by atoms with E-state index in [0.717, 1.165) is 0 Å². The van der Waals surface area contributed by atoms with Crippen LogP contribution in [0.5, 0.6) is 23.0 Å². The first-order chi connectivity index (χ1) is 13.6. The molecule has 2 heterocycles. The van der Waals surface area contributed by atoms with E-state index < -0.39 is 17.9 Å². The quantitative estimate of drug-likeness (QED) is 0.664. The molecule has 0 radical (unpaired) electrons. The van der Waals surface area contributed by atoms with Gasteiger partial charge in [0.1, 0.15) is 0 Å². The fourth-order valence-electron chi connectivity index (χ4n) is 2.85. The molecule has 0 fully saturated rings. The Morgan fingerprint density at radius 3 is 2.29 bits per heavy atom. The molecule has 0 aromatic heterocycles. The number of hydrogen-bond acceptors (Lipinski definition) is 7. The molecule has 28 heavy (non-hydrogen) atoms. The number of rotatable bonds is 5. The highest BCUT2D eigenvalue weighted by atomic mass is 16.7. The molecule has 0 saturated heterocycles. The number of nitrogens with one attached hydrogen (secondary N) is 2. The molecule has 0 saturated carbocycles. The fourth-order valence-corrected chi connectivity index (χ4v) is 2.85. The van der Waals surface area contributed by atoms with Gasteiger partial charge in [0.25, 0.3) is 0 Å². The molecule has 9 heteroatoms. The van der Waals surface area contributed by atoms with Crippen LogP contribution in [0.3, 0.4) is 0 Å². The molecule has 2 aliphatic rings. The molecule has 4 rings (SSSR count). The molecule has 2 aliphatic heterocycles. The second kappa shape index (κ2) is 7.65. The Kier molecular flexibility index (Phi) is 4.90. The molecule has 0 bridgehead atoms. The van der Waals surface area contributed by atoms with Crippen LogP contribution in [-0.4, -0.2) is 37.1 Å². The van der Waals surface area contributed by atoms with E-state index in [4.69, 9.17) is 18.9 Å². The number of fused-ring (bicyclic) bond motifs is 2. The van der Waals surface area contributed by atoms with E-state index >= 15 is 0 Å². The van der Waals surface area contributed by atoms with Crippen LogP contribution in [-0.2, 0) is 9.59 Å². The van der Waals surface area contributed by atoms with Gasteiger partial charge in [-0.05, 0) is 36.2 Å². The number of benzene rings is 2. The lowest BCUT2D eigenvalue weighted by Gasteiger charge is -2.12. The zero-order valence-corrected chi connectivity index (χ0v) is 14.8. The molecule has 0 spiro atoms. The maximum absolute atomic E-state index is 12.0. The summed E-state index contributed by atoms with van der Waals surface area (Å²) in [6, 6.07) is 9.99. The first kappa shape index (κ1) is 17.9. The molecule has 3 N–H and O–H groups in total. The normalized spacial score (nSPS) is 14.5. The van der Waals surface area contributed by atoms with E-state index in [0.29, 0.717) is 34.2 Å². The molecule has 1 atom stereocenters. The lowest BCUT2D eigenvalue weighted by molar-refractivity contribution is -0.136. The molecule has 2 amide bonds. The van der Waals surface area contributed by atoms with E-state index in [9.17, 15) is 14.7 Å². The predicted molar refractivity (Wildman–Crippen MR) is 96.3 cm³/mol. The third kappa shape index (κ3) is 3.79. The van der Waals surface area contributed by atoms with Crippen LogP contribution >= 0.6 is 0 Å². The van der Waals surface area contributed by atoms with Crippen LogP contribution in [0.1, 0.15) is 18.1 Å². The summed E-state index contributed by atoms with van der Waals surface area (Å²) in [5.74, 6) is 0.685. The van der Waals surface area contributed by atoms with Crippen molar-refractivity contribution in [2.75, 3.05) is 25.4 Å². The highest BCUT2D eigenvalue weighted by Gasteiger charge is 2.19. The minimum absolute atomic E-state index is 0.124. The summed E-state index contributed by atoms with van der Waals surface area (Å²) in [6.45, 7) is 0.408. The molecule has 0 aliphatic carbocycles. The minimum atomic E-state index is -0.813. The van der Waals surface area contributed by atoms with Crippen molar-refractivity contribution in [2.24, 2.45) is 0 Å². The Bertz CT molecular complexity index is 915. The van der Waals surface area contributed by atoms with Crippen molar-refractivity contribution in [3.8, 4) is 23.0 Å². The highest BCUT2D eigenvalue weighted by Crippen LogP contribution is 2.35. The van der Waals surface area contributed by atoms with Crippen LogP contribution in [0, 0.1) is 0 Å². The Morgan fingerprint density at radius 1 is 0.893 bits per heavy atom. The number of amides is 2. The van der Waals surface area contributed by atoms with Gasteiger partial charge < -0.3 is 34.7 Å². The SMILES string of the molecule is O=C(NCCC(O)c1ccc2c(c1)OCO2)C(=O)Nc1ccc2c(c1)OCO2. The molecule has 1 unspecified atom stereocenters. The van der Waals surface area contributed by atoms with Gasteiger partial charge in [-0.2, -0.15) is 0 Å². The number of hydrogen-bond donors (Lipinski definition) is 3. The number of anilines is 1. The smallest absolute Gasteiger partial charge is 0.313 e. The first-order valence-electron chi connectivity index (χ1n) is 8.66. The van der Waals surface area contributed by atoms with Gasteiger partial charge in [0.05, 0.1) is 6.10 Å². The summed E-state index contributed by atoms with van der Waals surface area (Å²) in [5, 5.41) is 15.2. The van der Waals surface area contributed by atoms with Gasteiger partial charge in [0.2, 0.25) is 13.6 Å². The summed E-state index contributed by atoms with van der Waals surface area (Å²) in [4.78, 5) is 24.0. The number of carbonyl (C=O) groups excluding carboxylic acids is 2. The monoisotopic (exact) mass is 386 g/mol. The Balaban J connectivity index is 1.25. The van der Waals surface area contributed by atoms with Crippen LogP contribution in [0.2, 0.25) is 0 Å². The van der Waals surface area contributed by atoms with Crippen LogP contribution in [0.4, 0.5) is 5.69 Å². The van der Waals surface area contributed by atoms with Gasteiger partial charge in [-0.1, -0.05) is 6.07 Å². The highest BCUT2D eigenvalue weighted by molar-refractivity contribution is 6.39.